The largest absolute Gasteiger partial charge is 0.310 e. The van der Waals surface area contributed by atoms with Crippen LogP contribution in [0.25, 0.3) is 82.4 Å². The number of aromatic nitrogens is 1. The van der Waals surface area contributed by atoms with Crippen molar-refractivity contribution in [1.82, 2.24) is 4.57 Å². The summed E-state index contributed by atoms with van der Waals surface area (Å²) < 4.78 is 2.40. The van der Waals surface area contributed by atoms with Crippen molar-refractivity contribution in [2.75, 3.05) is 4.90 Å². The smallest absolute Gasteiger partial charge is 0.0541 e. The van der Waals surface area contributed by atoms with Gasteiger partial charge in [0.15, 0.2) is 0 Å². The number of aryl methyl sites for hydroxylation is 1. The zero-order chi connectivity index (χ0) is 35.0. The van der Waals surface area contributed by atoms with E-state index in [4.69, 9.17) is 0 Å². The van der Waals surface area contributed by atoms with Crippen molar-refractivity contribution in [3.8, 4) is 39.1 Å². The molecule has 2 heteroatoms. The van der Waals surface area contributed by atoms with Crippen LogP contribution in [0.3, 0.4) is 0 Å². The Hall–Kier alpha value is -6.90. The molecule has 9 aromatic carbocycles. The van der Waals surface area contributed by atoms with Crippen LogP contribution in [0.4, 0.5) is 17.1 Å². The molecule has 0 fully saturated rings. The highest BCUT2D eigenvalue weighted by molar-refractivity contribution is 6.13. The van der Waals surface area contributed by atoms with Gasteiger partial charge in [-0.25, -0.2) is 0 Å². The fourth-order valence-electron chi connectivity index (χ4n) is 8.55. The minimum atomic E-state index is 1.14. The maximum atomic E-state index is 2.40. The van der Waals surface area contributed by atoms with Crippen LogP contribution in [0, 0.1) is 6.92 Å². The number of anilines is 3. The molecule has 10 aromatic rings. The summed E-state index contributed by atoms with van der Waals surface area (Å²) in [4.78, 5) is 2.39. The van der Waals surface area contributed by atoms with Crippen LogP contribution in [0.5, 0.6) is 0 Å². The Kier molecular flexibility index (Phi) is 6.50. The molecule has 0 bridgehead atoms. The molecule has 0 aliphatic heterocycles. The van der Waals surface area contributed by atoms with Gasteiger partial charge in [-0.2, -0.15) is 0 Å². The average molecular weight is 675 g/mol. The van der Waals surface area contributed by atoms with Crippen molar-refractivity contribution < 1.29 is 0 Å². The molecule has 53 heavy (non-hydrogen) atoms. The average Bonchev–Trinajstić information content (AvgIpc) is 3.55. The van der Waals surface area contributed by atoms with Gasteiger partial charge in [-0.3, -0.25) is 0 Å². The van der Waals surface area contributed by atoms with Crippen molar-refractivity contribution in [3.63, 3.8) is 0 Å². The lowest BCUT2D eigenvalue weighted by molar-refractivity contribution is 1.19. The highest BCUT2D eigenvalue weighted by atomic mass is 15.1. The second-order valence-corrected chi connectivity index (χ2v) is 14.3. The zero-order valence-electron chi connectivity index (χ0n) is 29.3. The van der Waals surface area contributed by atoms with Crippen molar-refractivity contribution in [3.05, 3.63) is 194 Å². The number of rotatable bonds is 5. The lowest BCUT2D eigenvalue weighted by Gasteiger charge is -2.29. The van der Waals surface area contributed by atoms with Crippen LogP contribution in [0.1, 0.15) is 5.56 Å². The fourth-order valence-corrected chi connectivity index (χ4v) is 8.55. The van der Waals surface area contributed by atoms with E-state index in [1.54, 1.807) is 0 Å². The zero-order valence-corrected chi connectivity index (χ0v) is 29.3. The first kappa shape index (κ1) is 29.8. The van der Waals surface area contributed by atoms with Gasteiger partial charge in [0.05, 0.1) is 11.0 Å². The summed E-state index contributed by atoms with van der Waals surface area (Å²) in [6.45, 7) is 2.19. The van der Waals surface area contributed by atoms with Crippen LogP contribution in [-0.2, 0) is 0 Å². The maximum Gasteiger partial charge on any atom is 0.0541 e. The quantitative estimate of drug-likeness (QED) is 0.176. The summed E-state index contributed by atoms with van der Waals surface area (Å²) >= 11 is 0. The van der Waals surface area contributed by atoms with E-state index in [1.807, 2.05) is 0 Å². The maximum absolute atomic E-state index is 2.40. The molecule has 248 valence electrons. The summed E-state index contributed by atoms with van der Waals surface area (Å²) in [6.07, 6.45) is 0. The Balaban J connectivity index is 0.989. The summed E-state index contributed by atoms with van der Waals surface area (Å²) in [7, 11) is 0. The van der Waals surface area contributed by atoms with Gasteiger partial charge in [0.25, 0.3) is 0 Å². The number of fused-ring (bicyclic) bond motifs is 9. The normalized spacial score (nSPS) is 11.9. The molecule has 0 saturated carbocycles. The molecule has 0 N–H and O–H groups in total. The van der Waals surface area contributed by atoms with Gasteiger partial charge in [-0.05, 0) is 146 Å². The van der Waals surface area contributed by atoms with Gasteiger partial charge in [-0.1, -0.05) is 109 Å². The highest BCUT2D eigenvalue weighted by Gasteiger charge is 2.25. The summed E-state index contributed by atoms with van der Waals surface area (Å²) in [6, 6.07) is 69.0. The van der Waals surface area contributed by atoms with Crippen LogP contribution in [0.15, 0.2) is 188 Å². The van der Waals surface area contributed by atoms with Gasteiger partial charge in [-0.15, -0.1) is 0 Å². The van der Waals surface area contributed by atoms with Gasteiger partial charge in [0.2, 0.25) is 0 Å². The van der Waals surface area contributed by atoms with Crippen molar-refractivity contribution in [1.29, 1.82) is 0 Å². The lowest BCUT2D eigenvalue weighted by Crippen LogP contribution is -2.11. The molecular weight excluding hydrogens is 641 g/mol. The van der Waals surface area contributed by atoms with E-state index < -0.39 is 0 Å². The number of para-hydroxylation sites is 3. The third-order valence-corrected chi connectivity index (χ3v) is 11.2. The van der Waals surface area contributed by atoms with Crippen LogP contribution in [0.2, 0.25) is 0 Å². The molecule has 2 nitrogen and oxygen atoms in total. The van der Waals surface area contributed by atoms with Crippen LogP contribution >= 0.6 is 0 Å². The van der Waals surface area contributed by atoms with Crippen LogP contribution < -0.4 is 4.90 Å². The second-order valence-electron chi connectivity index (χ2n) is 14.3. The topological polar surface area (TPSA) is 8.17 Å². The van der Waals surface area contributed by atoms with E-state index in [9.17, 15) is 0 Å². The second kappa shape index (κ2) is 11.6. The van der Waals surface area contributed by atoms with E-state index in [1.165, 1.54) is 93.7 Å². The van der Waals surface area contributed by atoms with E-state index >= 15 is 0 Å². The molecule has 0 amide bonds. The first-order valence-corrected chi connectivity index (χ1v) is 18.3. The Labute approximate surface area is 308 Å². The first-order chi connectivity index (χ1) is 26.2. The van der Waals surface area contributed by atoms with E-state index in [-0.39, 0.29) is 0 Å². The fraction of sp³-hybridized carbons (Fsp3) is 0.0196. The minimum Gasteiger partial charge on any atom is -0.310 e. The third-order valence-electron chi connectivity index (χ3n) is 11.2. The number of benzene rings is 9. The number of hydrogen-bond acceptors (Lipinski definition) is 1. The lowest BCUT2D eigenvalue weighted by atomic mass is 9.78. The Morgan fingerprint density at radius 3 is 1.55 bits per heavy atom. The molecular formula is C51H34N2. The Morgan fingerprint density at radius 2 is 0.887 bits per heavy atom. The summed E-state index contributed by atoms with van der Waals surface area (Å²) in [5, 5.41) is 7.59. The number of nitrogens with zero attached hydrogens (tertiary/aromatic N) is 2. The molecule has 1 aromatic heterocycles. The predicted molar refractivity (Wildman–Crippen MR) is 225 cm³/mol. The van der Waals surface area contributed by atoms with Crippen molar-refractivity contribution >= 4 is 60.4 Å². The monoisotopic (exact) mass is 674 g/mol. The molecule has 0 saturated heterocycles. The van der Waals surface area contributed by atoms with Crippen molar-refractivity contribution in [2.24, 2.45) is 0 Å². The Morgan fingerprint density at radius 1 is 0.377 bits per heavy atom. The first-order valence-electron chi connectivity index (χ1n) is 18.3. The van der Waals surface area contributed by atoms with E-state index in [2.05, 4.69) is 204 Å². The van der Waals surface area contributed by atoms with E-state index in [0.717, 1.165) is 11.4 Å². The Bertz CT molecular complexity index is 3010. The van der Waals surface area contributed by atoms with Gasteiger partial charge in [0, 0.05) is 33.5 Å². The highest BCUT2D eigenvalue weighted by Crippen LogP contribution is 2.51. The van der Waals surface area contributed by atoms with Crippen LogP contribution in [-0.4, -0.2) is 4.57 Å². The summed E-state index contributed by atoms with van der Waals surface area (Å²) in [5.74, 6) is 0. The van der Waals surface area contributed by atoms with Crippen molar-refractivity contribution in [2.45, 2.75) is 6.92 Å². The SMILES string of the molecule is Cc1ccccc1N(c1ccc(-c2ccccc2)cc1)c1ccc2cc3c(cc2c1)-c1cc2ccc(-n4c5ccccc5c5ccccc54)cc2cc1-3. The third kappa shape index (κ3) is 4.66. The van der Waals surface area contributed by atoms with Gasteiger partial charge >= 0.3 is 0 Å². The molecule has 0 atom stereocenters. The summed E-state index contributed by atoms with van der Waals surface area (Å²) in [5.41, 5.74) is 16.1. The molecule has 0 unspecified atom stereocenters. The molecule has 1 aliphatic rings. The van der Waals surface area contributed by atoms with Gasteiger partial charge in [0.1, 0.15) is 0 Å². The molecule has 0 spiro atoms. The number of hydrogen-bond donors (Lipinski definition) is 0. The molecule has 0 radical (unpaired) electrons. The predicted octanol–water partition coefficient (Wildman–Crippen LogP) is 14.2. The molecule has 1 aliphatic carbocycles. The minimum absolute atomic E-state index is 1.14. The standard InChI is InChI=1S/C51H34N2/c1-33-11-5-8-16-49(33)52(40-23-19-35(20-24-40)34-12-3-2-4-13-34)41-25-21-36-29-45-47(31-38(36)27-41)46-30-37-22-26-42(28-39(37)32-48(45)46)53-50-17-9-6-14-43(50)44-15-7-10-18-51(44)53/h2-32H,1H3. The van der Waals surface area contributed by atoms with Gasteiger partial charge < -0.3 is 9.47 Å². The molecule has 1 heterocycles. The van der Waals surface area contributed by atoms with E-state index in [0.29, 0.717) is 0 Å². The molecule has 11 rings (SSSR count).